The van der Waals surface area contributed by atoms with Gasteiger partial charge in [-0.1, -0.05) is 42.5 Å². The summed E-state index contributed by atoms with van der Waals surface area (Å²) < 4.78 is 2.16. The van der Waals surface area contributed by atoms with Crippen molar-refractivity contribution in [2.75, 3.05) is 13.3 Å². The van der Waals surface area contributed by atoms with Crippen LogP contribution in [0.2, 0.25) is 0 Å². The Balaban J connectivity index is 1.49. The predicted molar refractivity (Wildman–Crippen MR) is 124 cm³/mol. The van der Waals surface area contributed by atoms with Crippen molar-refractivity contribution in [1.82, 2.24) is 14.5 Å². The van der Waals surface area contributed by atoms with Gasteiger partial charge in [-0.25, -0.2) is 4.98 Å². The molecule has 0 atom stereocenters. The van der Waals surface area contributed by atoms with Crippen LogP contribution in [0.15, 0.2) is 83.8 Å². The Labute approximate surface area is 181 Å². The van der Waals surface area contributed by atoms with Crippen LogP contribution in [0.4, 0.5) is 0 Å². The molecule has 4 rings (SSSR count). The average Bonchev–Trinajstić information content (AvgIpc) is 3.17. The van der Waals surface area contributed by atoms with Gasteiger partial charge in [0.1, 0.15) is 5.82 Å². The number of para-hydroxylation sites is 3. The van der Waals surface area contributed by atoms with Crippen molar-refractivity contribution in [2.24, 2.45) is 0 Å². The zero-order valence-corrected chi connectivity index (χ0v) is 18.1. The summed E-state index contributed by atoms with van der Waals surface area (Å²) in [5.41, 5.74) is 4.22. The summed E-state index contributed by atoms with van der Waals surface area (Å²) in [6.45, 7) is 0.614. The molecular weight excluding hydrogens is 390 g/mol. The maximum absolute atomic E-state index is 12.8. The van der Waals surface area contributed by atoms with Gasteiger partial charge in [-0.15, -0.1) is 11.8 Å². The number of hydrogen-bond donors (Lipinski definition) is 0. The molecule has 0 saturated heterocycles. The second kappa shape index (κ2) is 9.18. The van der Waals surface area contributed by atoms with Gasteiger partial charge in [0, 0.05) is 37.0 Å². The number of aromatic nitrogens is 2. The molecule has 3 aromatic carbocycles. The molecule has 1 amide bonds. The smallest absolute Gasteiger partial charge is 0.223 e. The zero-order valence-electron chi connectivity index (χ0n) is 17.3. The molecule has 0 bridgehead atoms. The van der Waals surface area contributed by atoms with E-state index < -0.39 is 0 Å². The highest BCUT2D eigenvalue weighted by atomic mass is 32.2. The van der Waals surface area contributed by atoms with Crippen molar-refractivity contribution in [3.8, 4) is 5.69 Å². The molecule has 4 nitrogen and oxygen atoms in total. The van der Waals surface area contributed by atoms with Crippen LogP contribution in [0.3, 0.4) is 0 Å². The van der Waals surface area contributed by atoms with Gasteiger partial charge in [0.05, 0.1) is 11.0 Å². The lowest BCUT2D eigenvalue weighted by Crippen LogP contribution is -2.26. The van der Waals surface area contributed by atoms with Crippen molar-refractivity contribution in [3.05, 3.63) is 90.3 Å². The van der Waals surface area contributed by atoms with E-state index in [-0.39, 0.29) is 5.91 Å². The minimum atomic E-state index is 0.121. The quantitative estimate of drug-likeness (QED) is 0.383. The number of hydrogen-bond acceptors (Lipinski definition) is 3. The largest absolute Gasteiger partial charge is 0.341 e. The van der Waals surface area contributed by atoms with Gasteiger partial charge in [0.15, 0.2) is 0 Å². The molecule has 30 heavy (non-hydrogen) atoms. The van der Waals surface area contributed by atoms with E-state index in [0.29, 0.717) is 19.4 Å². The Morgan fingerprint density at radius 2 is 1.67 bits per heavy atom. The molecule has 0 spiro atoms. The lowest BCUT2D eigenvalue weighted by atomic mass is 10.2. The third-order valence-electron chi connectivity index (χ3n) is 5.21. The molecule has 0 aliphatic heterocycles. The molecule has 4 aromatic rings. The van der Waals surface area contributed by atoms with Gasteiger partial charge in [0.2, 0.25) is 5.91 Å². The third-order valence-corrected chi connectivity index (χ3v) is 5.96. The molecule has 0 radical (unpaired) electrons. The molecule has 0 fully saturated rings. The van der Waals surface area contributed by atoms with Crippen LogP contribution in [0.1, 0.15) is 17.8 Å². The van der Waals surface area contributed by atoms with Crippen LogP contribution >= 0.6 is 11.8 Å². The summed E-state index contributed by atoms with van der Waals surface area (Å²) in [5.74, 6) is 1.03. The number of amides is 1. The minimum Gasteiger partial charge on any atom is -0.341 e. The molecule has 1 heterocycles. The van der Waals surface area contributed by atoms with Gasteiger partial charge in [-0.3, -0.25) is 9.36 Å². The number of aryl methyl sites for hydroxylation is 1. The van der Waals surface area contributed by atoms with E-state index in [1.165, 1.54) is 4.90 Å². The van der Waals surface area contributed by atoms with E-state index in [1.807, 2.05) is 43.4 Å². The summed E-state index contributed by atoms with van der Waals surface area (Å²) in [6, 6.07) is 26.7. The number of benzene rings is 3. The Bertz CT molecular complexity index is 1140. The van der Waals surface area contributed by atoms with E-state index in [1.54, 1.807) is 16.7 Å². The van der Waals surface area contributed by atoms with Gasteiger partial charge < -0.3 is 4.90 Å². The van der Waals surface area contributed by atoms with E-state index >= 15 is 0 Å². The van der Waals surface area contributed by atoms with E-state index in [2.05, 4.69) is 53.3 Å². The molecule has 152 valence electrons. The molecule has 0 aliphatic carbocycles. The molecule has 0 aliphatic rings. The van der Waals surface area contributed by atoms with Gasteiger partial charge >= 0.3 is 0 Å². The Hall–Kier alpha value is -3.05. The fourth-order valence-corrected chi connectivity index (χ4v) is 4.02. The van der Waals surface area contributed by atoms with Gasteiger partial charge in [-0.05, 0) is 48.2 Å². The topological polar surface area (TPSA) is 38.1 Å². The number of carbonyl (C=O) groups is 1. The number of nitrogens with zero attached hydrogens (tertiary/aromatic N) is 3. The van der Waals surface area contributed by atoms with Crippen molar-refractivity contribution in [3.63, 3.8) is 0 Å². The van der Waals surface area contributed by atoms with Crippen LogP contribution in [-0.2, 0) is 17.8 Å². The number of imidazole rings is 1. The molecule has 5 heteroatoms. The summed E-state index contributed by atoms with van der Waals surface area (Å²) in [4.78, 5) is 20.6. The normalized spacial score (nSPS) is 11.0. The van der Waals surface area contributed by atoms with Crippen LogP contribution in [0.25, 0.3) is 16.7 Å². The third kappa shape index (κ3) is 4.41. The highest BCUT2D eigenvalue weighted by molar-refractivity contribution is 7.98. The number of carbonyl (C=O) groups excluding carboxylic acids is 1. The Morgan fingerprint density at radius 1 is 0.967 bits per heavy atom. The summed E-state index contributed by atoms with van der Waals surface area (Å²) in [5, 5.41) is 0. The highest BCUT2D eigenvalue weighted by Gasteiger charge is 2.15. The number of thioether (sulfide) groups is 1. The second-order valence-electron chi connectivity index (χ2n) is 7.29. The van der Waals surface area contributed by atoms with E-state index in [4.69, 9.17) is 4.98 Å². The maximum atomic E-state index is 12.8. The highest BCUT2D eigenvalue weighted by Crippen LogP contribution is 2.22. The van der Waals surface area contributed by atoms with Crippen molar-refractivity contribution < 1.29 is 4.79 Å². The molecule has 0 saturated carbocycles. The zero-order chi connectivity index (χ0) is 20.9. The monoisotopic (exact) mass is 415 g/mol. The van der Waals surface area contributed by atoms with E-state index in [9.17, 15) is 4.79 Å². The van der Waals surface area contributed by atoms with Crippen molar-refractivity contribution >= 4 is 28.7 Å². The van der Waals surface area contributed by atoms with Crippen LogP contribution in [0, 0.1) is 0 Å². The minimum absolute atomic E-state index is 0.121. The molecule has 0 unspecified atom stereocenters. The fourth-order valence-electron chi connectivity index (χ4n) is 3.61. The SMILES string of the molecule is CSc1ccc(CN(C)C(=O)CCc2nc3ccccc3n2-c2ccccc2)cc1. The first kappa shape index (κ1) is 20.2. The van der Waals surface area contributed by atoms with E-state index in [0.717, 1.165) is 28.1 Å². The lowest BCUT2D eigenvalue weighted by Gasteiger charge is -2.17. The Morgan fingerprint density at radius 3 is 2.40 bits per heavy atom. The lowest BCUT2D eigenvalue weighted by molar-refractivity contribution is -0.130. The summed E-state index contributed by atoms with van der Waals surface area (Å²) in [6.07, 6.45) is 3.08. The van der Waals surface area contributed by atoms with Crippen LogP contribution in [-0.4, -0.2) is 33.7 Å². The summed E-state index contributed by atoms with van der Waals surface area (Å²) >= 11 is 1.72. The van der Waals surface area contributed by atoms with Crippen molar-refractivity contribution in [1.29, 1.82) is 0 Å². The molecular formula is C25H25N3OS. The molecule has 1 aromatic heterocycles. The predicted octanol–water partition coefficient (Wildman–Crippen LogP) is 5.34. The number of fused-ring (bicyclic) bond motifs is 1. The van der Waals surface area contributed by atoms with Crippen LogP contribution in [0.5, 0.6) is 0 Å². The second-order valence-corrected chi connectivity index (χ2v) is 8.17. The first-order valence-electron chi connectivity index (χ1n) is 10.0. The van der Waals surface area contributed by atoms with Gasteiger partial charge in [-0.2, -0.15) is 0 Å². The number of rotatable bonds is 7. The molecule has 0 N–H and O–H groups in total. The first-order chi connectivity index (χ1) is 14.7. The maximum Gasteiger partial charge on any atom is 0.223 e. The first-order valence-corrected chi connectivity index (χ1v) is 11.3. The standard InChI is InChI=1S/C25H25N3OS/c1-27(18-19-12-14-21(30-2)15-13-19)25(29)17-16-24-26-22-10-6-7-11-23(22)28(24)20-8-4-3-5-9-20/h3-15H,16-18H2,1-2H3. The van der Waals surface area contributed by atoms with Crippen molar-refractivity contribution in [2.45, 2.75) is 24.3 Å². The fraction of sp³-hybridized carbons (Fsp3) is 0.200. The van der Waals surface area contributed by atoms with Crippen LogP contribution < -0.4 is 0 Å². The van der Waals surface area contributed by atoms with Gasteiger partial charge in [0.25, 0.3) is 0 Å². The Kier molecular flexibility index (Phi) is 6.19. The summed E-state index contributed by atoms with van der Waals surface area (Å²) in [7, 11) is 1.87. The average molecular weight is 416 g/mol.